The molecule has 138 valence electrons. The van der Waals surface area contributed by atoms with Crippen molar-refractivity contribution in [2.75, 3.05) is 20.3 Å². The van der Waals surface area contributed by atoms with Crippen LogP contribution in [0, 0.1) is 0 Å². The lowest BCUT2D eigenvalue weighted by molar-refractivity contribution is -0.134. The summed E-state index contributed by atoms with van der Waals surface area (Å²) >= 11 is 0. The van der Waals surface area contributed by atoms with Gasteiger partial charge in [0.25, 0.3) is 5.91 Å². The van der Waals surface area contributed by atoms with Gasteiger partial charge in [-0.1, -0.05) is 17.3 Å². The van der Waals surface area contributed by atoms with E-state index in [1.807, 2.05) is 40.0 Å². The number of nitrogens with zero attached hydrogens (tertiary/aromatic N) is 4. The molecule has 26 heavy (non-hydrogen) atoms. The van der Waals surface area contributed by atoms with Gasteiger partial charge in [-0.25, -0.2) is 0 Å². The Morgan fingerprint density at radius 1 is 1.23 bits per heavy atom. The van der Waals surface area contributed by atoms with Crippen LogP contribution in [0.2, 0.25) is 0 Å². The number of para-hydroxylation sites is 2. The van der Waals surface area contributed by atoms with Crippen LogP contribution in [0.5, 0.6) is 11.5 Å². The Morgan fingerprint density at radius 2 is 2.04 bits per heavy atom. The molecule has 0 radical (unpaired) electrons. The first-order chi connectivity index (χ1) is 12.7. The van der Waals surface area contributed by atoms with E-state index < -0.39 is 0 Å². The Balaban J connectivity index is 1.35. The second-order valence-corrected chi connectivity index (χ2v) is 6.96. The number of likely N-dealkylation sites (tertiary alicyclic amines) is 1. The fourth-order valence-corrected chi connectivity index (χ4v) is 3.50. The van der Waals surface area contributed by atoms with Crippen molar-refractivity contribution in [1.29, 1.82) is 0 Å². The minimum Gasteiger partial charge on any atom is -0.493 e. The highest BCUT2D eigenvalue weighted by Gasteiger charge is 2.31. The number of carbonyl (C=O) groups is 1. The number of methoxy groups -OCH3 is 1. The minimum absolute atomic E-state index is 0.000868. The average molecular weight is 356 g/mol. The lowest BCUT2D eigenvalue weighted by Gasteiger charge is -2.24. The quantitative estimate of drug-likeness (QED) is 0.761. The summed E-state index contributed by atoms with van der Waals surface area (Å²) in [6, 6.07) is 7.52. The molecule has 1 aromatic heterocycles. The standard InChI is InChI=1S/C19H24N4O3/c1-25-17-6-2-3-7-18(17)26-13-19(24)23-10-4-5-15(23)11-22-12-16(20-21-22)14-8-9-14/h2-3,6-7,12,14-15H,4-5,8-11,13H2,1H3/t15-/m0/s1. The van der Waals surface area contributed by atoms with Crippen LogP contribution in [0.3, 0.4) is 0 Å². The van der Waals surface area contributed by atoms with Gasteiger partial charge in [-0.2, -0.15) is 0 Å². The zero-order valence-electron chi connectivity index (χ0n) is 15.0. The Hall–Kier alpha value is -2.57. The molecular formula is C19H24N4O3. The summed E-state index contributed by atoms with van der Waals surface area (Å²) in [5.74, 6) is 1.82. The number of carbonyl (C=O) groups excluding carboxylic acids is 1. The van der Waals surface area contributed by atoms with Crippen molar-refractivity contribution in [2.24, 2.45) is 0 Å². The molecule has 1 saturated heterocycles. The topological polar surface area (TPSA) is 69.5 Å². The second kappa shape index (κ2) is 7.35. The molecule has 2 aromatic rings. The summed E-state index contributed by atoms with van der Waals surface area (Å²) < 4.78 is 12.8. The predicted molar refractivity (Wildman–Crippen MR) is 95.2 cm³/mol. The highest BCUT2D eigenvalue weighted by Crippen LogP contribution is 2.38. The van der Waals surface area contributed by atoms with Gasteiger partial charge in [-0.05, 0) is 37.8 Å². The molecule has 0 N–H and O–H groups in total. The van der Waals surface area contributed by atoms with Crippen molar-refractivity contribution < 1.29 is 14.3 Å². The highest BCUT2D eigenvalue weighted by atomic mass is 16.5. The molecule has 1 saturated carbocycles. The summed E-state index contributed by atoms with van der Waals surface area (Å²) in [4.78, 5) is 14.6. The molecule has 1 aliphatic heterocycles. The maximum Gasteiger partial charge on any atom is 0.260 e. The van der Waals surface area contributed by atoms with E-state index in [4.69, 9.17) is 9.47 Å². The van der Waals surface area contributed by atoms with E-state index in [9.17, 15) is 4.79 Å². The first-order valence-corrected chi connectivity index (χ1v) is 9.20. The molecule has 1 aromatic carbocycles. The Labute approximate surface area is 152 Å². The molecule has 0 unspecified atom stereocenters. The van der Waals surface area contributed by atoms with Crippen LogP contribution in [-0.4, -0.2) is 52.1 Å². The van der Waals surface area contributed by atoms with Crippen molar-refractivity contribution in [3.05, 3.63) is 36.2 Å². The van der Waals surface area contributed by atoms with Crippen molar-refractivity contribution in [3.63, 3.8) is 0 Å². The molecule has 2 fully saturated rings. The van der Waals surface area contributed by atoms with Crippen LogP contribution in [0.15, 0.2) is 30.5 Å². The van der Waals surface area contributed by atoms with E-state index >= 15 is 0 Å². The first-order valence-electron chi connectivity index (χ1n) is 9.20. The molecule has 2 heterocycles. The van der Waals surface area contributed by atoms with Crippen molar-refractivity contribution in [2.45, 2.75) is 44.2 Å². The van der Waals surface area contributed by atoms with Gasteiger partial charge in [-0.15, -0.1) is 5.10 Å². The maximum atomic E-state index is 12.7. The molecule has 0 spiro atoms. The summed E-state index contributed by atoms with van der Waals surface area (Å²) in [5.41, 5.74) is 1.08. The average Bonchev–Trinajstić information content (AvgIpc) is 3.24. The number of aromatic nitrogens is 3. The largest absolute Gasteiger partial charge is 0.493 e. The molecular weight excluding hydrogens is 332 g/mol. The zero-order chi connectivity index (χ0) is 17.9. The smallest absolute Gasteiger partial charge is 0.260 e. The van der Waals surface area contributed by atoms with Crippen LogP contribution < -0.4 is 9.47 Å². The number of rotatable bonds is 7. The number of amides is 1. The van der Waals surface area contributed by atoms with E-state index in [1.165, 1.54) is 12.8 Å². The van der Waals surface area contributed by atoms with Gasteiger partial charge in [0.15, 0.2) is 18.1 Å². The highest BCUT2D eigenvalue weighted by molar-refractivity contribution is 5.78. The van der Waals surface area contributed by atoms with E-state index in [1.54, 1.807) is 7.11 Å². The van der Waals surface area contributed by atoms with Crippen LogP contribution in [-0.2, 0) is 11.3 Å². The molecule has 4 rings (SSSR count). The van der Waals surface area contributed by atoms with Gasteiger partial charge in [0.2, 0.25) is 0 Å². The molecule has 2 aliphatic rings. The third-order valence-corrected chi connectivity index (χ3v) is 5.07. The number of hydrogen-bond acceptors (Lipinski definition) is 5. The molecule has 7 heteroatoms. The predicted octanol–water partition coefficient (Wildman–Crippen LogP) is 2.23. The third-order valence-electron chi connectivity index (χ3n) is 5.07. The normalized spacial score (nSPS) is 19.6. The first kappa shape index (κ1) is 16.9. The molecule has 7 nitrogen and oxygen atoms in total. The monoisotopic (exact) mass is 356 g/mol. The SMILES string of the molecule is COc1ccccc1OCC(=O)N1CCC[C@H]1Cn1cc(C2CC2)nn1. The van der Waals surface area contributed by atoms with E-state index in [-0.39, 0.29) is 18.6 Å². The fraction of sp³-hybridized carbons (Fsp3) is 0.526. The van der Waals surface area contributed by atoms with Crippen LogP contribution in [0.25, 0.3) is 0 Å². The fourth-order valence-electron chi connectivity index (χ4n) is 3.50. The van der Waals surface area contributed by atoms with E-state index in [0.29, 0.717) is 24.0 Å². The molecule has 1 aliphatic carbocycles. The zero-order valence-corrected chi connectivity index (χ0v) is 15.0. The van der Waals surface area contributed by atoms with Crippen molar-refractivity contribution >= 4 is 5.91 Å². The molecule has 0 bridgehead atoms. The van der Waals surface area contributed by atoms with Gasteiger partial charge in [0, 0.05) is 18.7 Å². The summed E-state index contributed by atoms with van der Waals surface area (Å²) in [6.07, 6.45) is 6.46. The molecule has 1 atom stereocenters. The summed E-state index contributed by atoms with van der Waals surface area (Å²) in [5, 5.41) is 8.49. The van der Waals surface area contributed by atoms with Crippen LogP contribution in [0.1, 0.15) is 37.3 Å². The summed E-state index contributed by atoms with van der Waals surface area (Å²) in [7, 11) is 1.59. The Bertz CT molecular complexity index is 772. The van der Waals surface area contributed by atoms with Gasteiger partial charge in [0.05, 0.1) is 25.4 Å². The number of benzene rings is 1. The van der Waals surface area contributed by atoms with Gasteiger partial charge < -0.3 is 14.4 Å². The Kier molecular flexibility index (Phi) is 4.77. The van der Waals surface area contributed by atoms with Gasteiger partial charge in [-0.3, -0.25) is 9.48 Å². The third kappa shape index (κ3) is 3.66. The van der Waals surface area contributed by atoms with Gasteiger partial charge >= 0.3 is 0 Å². The maximum absolute atomic E-state index is 12.7. The van der Waals surface area contributed by atoms with Crippen molar-refractivity contribution in [1.82, 2.24) is 19.9 Å². The Morgan fingerprint density at radius 3 is 2.81 bits per heavy atom. The number of ether oxygens (including phenoxy) is 2. The van der Waals surface area contributed by atoms with E-state index in [2.05, 4.69) is 10.3 Å². The van der Waals surface area contributed by atoms with Gasteiger partial charge in [0.1, 0.15) is 0 Å². The van der Waals surface area contributed by atoms with E-state index in [0.717, 1.165) is 25.1 Å². The van der Waals surface area contributed by atoms with Crippen LogP contribution >= 0.6 is 0 Å². The van der Waals surface area contributed by atoms with Crippen molar-refractivity contribution in [3.8, 4) is 11.5 Å². The second-order valence-electron chi connectivity index (χ2n) is 6.96. The lowest BCUT2D eigenvalue weighted by atomic mass is 10.2. The number of hydrogen-bond donors (Lipinski definition) is 0. The minimum atomic E-state index is 0.000868. The lowest BCUT2D eigenvalue weighted by Crippen LogP contribution is -2.40. The summed E-state index contributed by atoms with van der Waals surface area (Å²) in [6.45, 7) is 1.48. The van der Waals surface area contributed by atoms with Crippen LogP contribution in [0.4, 0.5) is 0 Å². The molecule has 1 amide bonds.